The number of piperazine rings is 1. The standard InChI is InChI=1S/C20H31ClN4O3S/c1-2-23-11-3-4-19(23)16-24(20(26)17-5-7-18(21)8-6-17)14-15-29(27,28)25-12-9-22-10-13-25/h5-8,19,22H,2-4,9-16H2,1H3/t19-/m0/s1. The zero-order valence-electron chi connectivity index (χ0n) is 17.0. The molecule has 0 aliphatic carbocycles. The summed E-state index contributed by atoms with van der Waals surface area (Å²) in [5.74, 6) is -0.189. The van der Waals surface area contributed by atoms with Crippen molar-refractivity contribution < 1.29 is 13.2 Å². The van der Waals surface area contributed by atoms with Crippen molar-refractivity contribution in [2.45, 2.75) is 25.8 Å². The van der Waals surface area contributed by atoms with Gasteiger partial charge in [-0.25, -0.2) is 8.42 Å². The first-order valence-electron chi connectivity index (χ1n) is 10.4. The van der Waals surface area contributed by atoms with E-state index >= 15 is 0 Å². The number of hydrogen-bond acceptors (Lipinski definition) is 5. The highest BCUT2D eigenvalue weighted by molar-refractivity contribution is 7.89. The number of nitrogens with one attached hydrogen (secondary N) is 1. The molecule has 1 N–H and O–H groups in total. The van der Waals surface area contributed by atoms with E-state index in [1.807, 2.05) is 0 Å². The Balaban J connectivity index is 1.72. The molecule has 0 spiro atoms. The van der Waals surface area contributed by atoms with Crippen molar-refractivity contribution in [1.29, 1.82) is 0 Å². The van der Waals surface area contributed by atoms with Crippen molar-refractivity contribution in [1.82, 2.24) is 19.4 Å². The average molecular weight is 443 g/mol. The van der Waals surface area contributed by atoms with Crippen LogP contribution >= 0.6 is 11.6 Å². The Morgan fingerprint density at radius 2 is 1.90 bits per heavy atom. The molecule has 3 rings (SSSR count). The minimum Gasteiger partial charge on any atom is -0.336 e. The smallest absolute Gasteiger partial charge is 0.253 e. The van der Waals surface area contributed by atoms with Crippen molar-refractivity contribution in [2.24, 2.45) is 0 Å². The van der Waals surface area contributed by atoms with E-state index < -0.39 is 10.0 Å². The molecule has 162 valence electrons. The molecule has 2 aliphatic heterocycles. The molecule has 0 saturated carbocycles. The molecular weight excluding hydrogens is 412 g/mol. The number of rotatable bonds is 8. The number of nitrogens with zero attached hydrogens (tertiary/aromatic N) is 3. The highest BCUT2D eigenvalue weighted by atomic mass is 35.5. The van der Waals surface area contributed by atoms with Crippen LogP contribution in [0, 0.1) is 0 Å². The van der Waals surface area contributed by atoms with Crippen molar-refractivity contribution in [3.63, 3.8) is 0 Å². The number of carbonyl (C=O) groups excluding carboxylic acids is 1. The molecule has 2 saturated heterocycles. The van der Waals surface area contributed by atoms with Crippen LogP contribution in [0.25, 0.3) is 0 Å². The summed E-state index contributed by atoms with van der Waals surface area (Å²) in [6, 6.07) is 7.07. The van der Waals surface area contributed by atoms with E-state index in [9.17, 15) is 13.2 Å². The lowest BCUT2D eigenvalue weighted by molar-refractivity contribution is 0.0718. The number of likely N-dealkylation sites (N-methyl/N-ethyl adjacent to an activating group) is 1. The van der Waals surface area contributed by atoms with Gasteiger partial charge in [-0.1, -0.05) is 18.5 Å². The van der Waals surface area contributed by atoms with Gasteiger partial charge in [0, 0.05) is 55.9 Å². The van der Waals surface area contributed by atoms with E-state index in [1.54, 1.807) is 29.2 Å². The topological polar surface area (TPSA) is 73.0 Å². The van der Waals surface area contributed by atoms with Crippen LogP contribution in [-0.2, 0) is 10.0 Å². The first-order chi connectivity index (χ1) is 13.9. The summed E-state index contributed by atoms with van der Waals surface area (Å²) in [4.78, 5) is 17.3. The van der Waals surface area contributed by atoms with Gasteiger partial charge in [0.05, 0.1) is 5.75 Å². The maximum atomic E-state index is 13.2. The summed E-state index contributed by atoms with van der Waals surface area (Å²) < 4.78 is 27.1. The summed E-state index contributed by atoms with van der Waals surface area (Å²) in [6.45, 7) is 7.14. The van der Waals surface area contributed by atoms with E-state index in [-0.39, 0.29) is 24.2 Å². The molecule has 1 aromatic rings. The van der Waals surface area contributed by atoms with E-state index in [0.717, 1.165) is 25.9 Å². The maximum Gasteiger partial charge on any atom is 0.253 e. The first kappa shape index (κ1) is 22.5. The van der Waals surface area contributed by atoms with Gasteiger partial charge in [0.15, 0.2) is 0 Å². The Kier molecular flexibility index (Phi) is 7.92. The van der Waals surface area contributed by atoms with E-state index in [0.29, 0.717) is 43.3 Å². The van der Waals surface area contributed by atoms with Gasteiger partial charge in [-0.05, 0) is 50.2 Å². The third-order valence-electron chi connectivity index (χ3n) is 5.80. The van der Waals surface area contributed by atoms with Gasteiger partial charge in [-0.15, -0.1) is 0 Å². The number of benzene rings is 1. The molecule has 1 amide bonds. The van der Waals surface area contributed by atoms with Crippen LogP contribution in [0.2, 0.25) is 5.02 Å². The number of likely N-dealkylation sites (tertiary alicyclic amines) is 1. The molecule has 7 nitrogen and oxygen atoms in total. The average Bonchev–Trinajstić information content (AvgIpc) is 3.19. The predicted octanol–water partition coefficient (Wildman–Crippen LogP) is 1.50. The zero-order chi connectivity index (χ0) is 20.9. The van der Waals surface area contributed by atoms with Crippen molar-refractivity contribution in [3.05, 3.63) is 34.9 Å². The molecule has 9 heteroatoms. The molecule has 29 heavy (non-hydrogen) atoms. The first-order valence-corrected chi connectivity index (χ1v) is 12.4. The fraction of sp³-hybridized carbons (Fsp3) is 0.650. The Bertz CT molecular complexity index is 781. The number of hydrogen-bond donors (Lipinski definition) is 1. The number of carbonyl (C=O) groups is 1. The number of sulfonamides is 1. The summed E-state index contributed by atoms with van der Waals surface area (Å²) in [7, 11) is -3.39. The molecule has 0 aromatic heterocycles. The summed E-state index contributed by atoms with van der Waals surface area (Å²) in [6.07, 6.45) is 2.14. The zero-order valence-corrected chi connectivity index (χ0v) is 18.6. The predicted molar refractivity (Wildman–Crippen MR) is 116 cm³/mol. The highest BCUT2D eigenvalue weighted by Gasteiger charge is 2.30. The molecular formula is C20H31ClN4O3S. The van der Waals surface area contributed by atoms with Crippen LogP contribution in [0.15, 0.2) is 24.3 Å². The molecule has 0 bridgehead atoms. The fourth-order valence-electron chi connectivity index (χ4n) is 4.10. The van der Waals surface area contributed by atoms with Gasteiger partial charge >= 0.3 is 0 Å². The highest BCUT2D eigenvalue weighted by Crippen LogP contribution is 2.20. The lowest BCUT2D eigenvalue weighted by Crippen LogP contribution is -2.49. The van der Waals surface area contributed by atoms with Gasteiger partial charge in [0.2, 0.25) is 10.0 Å². The van der Waals surface area contributed by atoms with E-state index in [1.165, 1.54) is 4.31 Å². The number of halogens is 1. The molecule has 2 heterocycles. The van der Waals surface area contributed by atoms with Gasteiger partial charge < -0.3 is 10.2 Å². The van der Waals surface area contributed by atoms with Crippen LogP contribution in [0.4, 0.5) is 0 Å². The van der Waals surface area contributed by atoms with Gasteiger partial charge in [-0.3, -0.25) is 9.69 Å². The SMILES string of the molecule is CCN1CCC[C@H]1CN(CCS(=O)(=O)N1CCNCC1)C(=O)c1ccc(Cl)cc1. The second-order valence-corrected chi connectivity index (χ2v) is 10.2. The largest absolute Gasteiger partial charge is 0.336 e. The number of amides is 1. The summed E-state index contributed by atoms with van der Waals surface area (Å²) in [5.41, 5.74) is 0.537. The van der Waals surface area contributed by atoms with Gasteiger partial charge in [0.25, 0.3) is 5.91 Å². The van der Waals surface area contributed by atoms with Crippen LogP contribution in [0.3, 0.4) is 0 Å². The Morgan fingerprint density at radius 3 is 2.55 bits per heavy atom. The molecule has 0 radical (unpaired) electrons. The summed E-state index contributed by atoms with van der Waals surface area (Å²) in [5, 5.41) is 3.74. The molecule has 2 aliphatic rings. The molecule has 0 unspecified atom stereocenters. The molecule has 2 fully saturated rings. The second-order valence-electron chi connectivity index (χ2n) is 7.65. The Morgan fingerprint density at radius 1 is 1.21 bits per heavy atom. The Hall–Kier alpha value is -1.19. The third kappa shape index (κ3) is 5.92. The van der Waals surface area contributed by atoms with Crippen molar-refractivity contribution in [2.75, 3.05) is 58.1 Å². The molecule has 1 aromatic carbocycles. The molecule has 1 atom stereocenters. The minimum absolute atomic E-state index is 0.0504. The van der Waals surface area contributed by atoms with Crippen LogP contribution in [0.1, 0.15) is 30.1 Å². The van der Waals surface area contributed by atoms with Gasteiger partial charge in [0.1, 0.15) is 0 Å². The third-order valence-corrected chi connectivity index (χ3v) is 7.91. The van der Waals surface area contributed by atoms with Crippen LogP contribution < -0.4 is 5.32 Å². The van der Waals surface area contributed by atoms with Crippen LogP contribution in [0.5, 0.6) is 0 Å². The van der Waals surface area contributed by atoms with E-state index in [4.69, 9.17) is 11.6 Å². The van der Waals surface area contributed by atoms with Crippen molar-refractivity contribution >= 4 is 27.5 Å². The quantitative estimate of drug-likeness (QED) is 0.660. The van der Waals surface area contributed by atoms with Crippen LogP contribution in [-0.4, -0.2) is 92.6 Å². The normalized spacial score (nSPS) is 21.4. The van der Waals surface area contributed by atoms with E-state index in [2.05, 4.69) is 17.1 Å². The lowest BCUT2D eigenvalue weighted by atomic mass is 10.1. The fourth-order valence-corrected chi connectivity index (χ4v) is 5.67. The summed E-state index contributed by atoms with van der Waals surface area (Å²) >= 11 is 5.96. The lowest BCUT2D eigenvalue weighted by Gasteiger charge is -2.32. The minimum atomic E-state index is -3.39. The van der Waals surface area contributed by atoms with Gasteiger partial charge in [-0.2, -0.15) is 4.31 Å². The Labute approximate surface area is 179 Å². The monoisotopic (exact) mass is 442 g/mol. The maximum absolute atomic E-state index is 13.2. The second kappa shape index (κ2) is 10.2. The van der Waals surface area contributed by atoms with Crippen molar-refractivity contribution in [3.8, 4) is 0 Å².